The standard InChI is InChI=1S/C17H33NO/c1-5-19-16-11-15(18-12-14(4)13(2)3)17(16)9-7-6-8-10-17/h13-16,18H,5-12H2,1-4H3. The highest BCUT2D eigenvalue weighted by Gasteiger charge is 2.55. The molecule has 3 atom stereocenters. The number of hydrogen-bond acceptors (Lipinski definition) is 2. The lowest BCUT2D eigenvalue weighted by Crippen LogP contribution is -2.65. The molecule has 19 heavy (non-hydrogen) atoms. The zero-order chi connectivity index (χ0) is 13.9. The van der Waals surface area contributed by atoms with Gasteiger partial charge in [0.15, 0.2) is 0 Å². The number of hydrogen-bond donors (Lipinski definition) is 1. The molecular weight excluding hydrogens is 234 g/mol. The summed E-state index contributed by atoms with van der Waals surface area (Å²) in [5.41, 5.74) is 0.477. The molecule has 0 aromatic carbocycles. The molecular formula is C17H33NO. The fourth-order valence-corrected chi connectivity index (χ4v) is 3.91. The zero-order valence-corrected chi connectivity index (χ0v) is 13.4. The average molecular weight is 267 g/mol. The van der Waals surface area contributed by atoms with Gasteiger partial charge in [0.1, 0.15) is 0 Å². The molecule has 2 fully saturated rings. The normalized spacial score (nSPS) is 31.4. The third kappa shape index (κ3) is 3.16. The zero-order valence-electron chi connectivity index (χ0n) is 13.4. The molecule has 1 N–H and O–H groups in total. The van der Waals surface area contributed by atoms with Gasteiger partial charge in [-0.1, -0.05) is 40.0 Å². The topological polar surface area (TPSA) is 21.3 Å². The highest BCUT2D eigenvalue weighted by molar-refractivity contribution is 5.08. The van der Waals surface area contributed by atoms with Crippen LogP contribution in [0.5, 0.6) is 0 Å². The SMILES string of the molecule is CCOC1CC(NCC(C)C(C)C)C12CCCCC2. The van der Waals surface area contributed by atoms with Crippen LogP contribution in [0.2, 0.25) is 0 Å². The van der Waals surface area contributed by atoms with Crippen molar-refractivity contribution in [2.75, 3.05) is 13.2 Å². The van der Waals surface area contributed by atoms with Crippen molar-refractivity contribution in [3.8, 4) is 0 Å². The van der Waals surface area contributed by atoms with Gasteiger partial charge in [-0.25, -0.2) is 0 Å². The highest BCUT2D eigenvalue weighted by Crippen LogP contribution is 2.53. The molecule has 112 valence electrons. The van der Waals surface area contributed by atoms with Gasteiger partial charge in [-0.2, -0.15) is 0 Å². The minimum atomic E-state index is 0.477. The molecule has 0 heterocycles. The largest absolute Gasteiger partial charge is 0.378 e. The lowest BCUT2D eigenvalue weighted by Gasteiger charge is -2.58. The monoisotopic (exact) mass is 267 g/mol. The van der Waals surface area contributed by atoms with Crippen molar-refractivity contribution >= 4 is 0 Å². The van der Waals surface area contributed by atoms with E-state index in [-0.39, 0.29) is 0 Å². The van der Waals surface area contributed by atoms with Gasteiger partial charge in [0, 0.05) is 18.1 Å². The van der Waals surface area contributed by atoms with Gasteiger partial charge in [0.05, 0.1) is 6.10 Å². The first-order valence-corrected chi connectivity index (χ1v) is 8.45. The van der Waals surface area contributed by atoms with Gasteiger partial charge in [-0.05, 0) is 44.6 Å². The minimum Gasteiger partial charge on any atom is -0.378 e. The van der Waals surface area contributed by atoms with Gasteiger partial charge in [-0.15, -0.1) is 0 Å². The molecule has 0 aromatic rings. The fraction of sp³-hybridized carbons (Fsp3) is 1.00. The van der Waals surface area contributed by atoms with Crippen molar-refractivity contribution in [3.05, 3.63) is 0 Å². The lowest BCUT2D eigenvalue weighted by atomic mass is 9.55. The molecule has 0 saturated heterocycles. The summed E-state index contributed by atoms with van der Waals surface area (Å²) in [6.45, 7) is 11.2. The van der Waals surface area contributed by atoms with E-state index in [9.17, 15) is 0 Å². The van der Waals surface area contributed by atoms with E-state index in [1.54, 1.807) is 0 Å². The summed E-state index contributed by atoms with van der Waals surface area (Å²) in [6.07, 6.45) is 8.76. The van der Waals surface area contributed by atoms with Crippen molar-refractivity contribution in [2.24, 2.45) is 17.3 Å². The Morgan fingerprint density at radius 1 is 1.16 bits per heavy atom. The Kier molecular flexibility index (Phi) is 5.30. The smallest absolute Gasteiger partial charge is 0.0661 e. The molecule has 2 nitrogen and oxygen atoms in total. The van der Waals surface area contributed by atoms with Crippen LogP contribution in [0.4, 0.5) is 0 Å². The van der Waals surface area contributed by atoms with Gasteiger partial charge in [0.25, 0.3) is 0 Å². The summed E-state index contributed by atoms with van der Waals surface area (Å²) in [5, 5.41) is 3.87. The lowest BCUT2D eigenvalue weighted by molar-refractivity contribution is -0.150. The van der Waals surface area contributed by atoms with Crippen LogP contribution < -0.4 is 5.32 Å². The Balaban J connectivity index is 1.90. The van der Waals surface area contributed by atoms with E-state index >= 15 is 0 Å². The van der Waals surface area contributed by atoms with Crippen LogP contribution in [-0.4, -0.2) is 25.3 Å². The van der Waals surface area contributed by atoms with Gasteiger partial charge >= 0.3 is 0 Å². The molecule has 2 aliphatic rings. The molecule has 2 rings (SSSR count). The Morgan fingerprint density at radius 2 is 1.84 bits per heavy atom. The molecule has 2 saturated carbocycles. The first-order chi connectivity index (χ1) is 9.10. The van der Waals surface area contributed by atoms with E-state index in [2.05, 4.69) is 33.0 Å². The molecule has 3 unspecified atom stereocenters. The van der Waals surface area contributed by atoms with E-state index in [0.29, 0.717) is 17.6 Å². The Bertz CT molecular complexity index is 270. The summed E-state index contributed by atoms with van der Waals surface area (Å²) >= 11 is 0. The van der Waals surface area contributed by atoms with Crippen molar-refractivity contribution in [1.82, 2.24) is 5.32 Å². The maximum atomic E-state index is 6.02. The van der Waals surface area contributed by atoms with Gasteiger partial charge < -0.3 is 10.1 Å². The quantitative estimate of drug-likeness (QED) is 0.785. The predicted molar refractivity (Wildman–Crippen MR) is 81.3 cm³/mol. The summed E-state index contributed by atoms with van der Waals surface area (Å²) in [6, 6.07) is 0.713. The molecule has 0 bridgehead atoms. The number of nitrogens with one attached hydrogen (secondary N) is 1. The van der Waals surface area contributed by atoms with E-state index < -0.39 is 0 Å². The first-order valence-electron chi connectivity index (χ1n) is 8.45. The van der Waals surface area contributed by atoms with Gasteiger partial charge in [0.2, 0.25) is 0 Å². The maximum Gasteiger partial charge on any atom is 0.0661 e. The fourth-order valence-electron chi connectivity index (χ4n) is 3.91. The van der Waals surface area contributed by atoms with E-state index in [4.69, 9.17) is 4.74 Å². The molecule has 1 spiro atoms. The van der Waals surface area contributed by atoms with Crippen LogP contribution in [-0.2, 0) is 4.74 Å². The molecule has 0 amide bonds. The second-order valence-electron chi connectivity index (χ2n) is 7.16. The van der Waals surface area contributed by atoms with Crippen LogP contribution in [0.3, 0.4) is 0 Å². The maximum absolute atomic E-state index is 6.02. The van der Waals surface area contributed by atoms with E-state index in [1.807, 2.05) is 0 Å². The van der Waals surface area contributed by atoms with Crippen LogP contribution in [0.1, 0.15) is 66.2 Å². The minimum absolute atomic E-state index is 0.477. The predicted octanol–water partition coefficient (Wildman–Crippen LogP) is 4.00. The van der Waals surface area contributed by atoms with Crippen molar-refractivity contribution in [3.63, 3.8) is 0 Å². The first kappa shape index (κ1) is 15.3. The Labute approximate surface area is 119 Å². The van der Waals surface area contributed by atoms with Crippen molar-refractivity contribution < 1.29 is 4.74 Å². The van der Waals surface area contributed by atoms with Crippen LogP contribution in [0.15, 0.2) is 0 Å². The average Bonchev–Trinajstić information content (AvgIpc) is 2.42. The second-order valence-corrected chi connectivity index (χ2v) is 7.16. The summed E-state index contributed by atoms with van der Waals surface area (Å²) < 4.78 is 6.02. The molecule has 0 radical (unpaired) electrons. The molecule has 0 aliphatic heterocycles. The third-order valence-corrected chi connectivity index (χ3v) is 5.76. The van der Waals surface area contributed by atoms with E-state index in [1.165, 1.54) is 45.1 Å². The van der Waals surface area contributed by atoms with Crippen LogP contribution in [0.25, 0.3) is 0 Å². The van der Waals surface area contributed by atoms with Crippen LogP contribution >= 0.6 is 0 Å². The molecule has 2 aliphatic carbocycles. The number of ether oxygens (including phenoxy) is 1. The highest BCUT2D eigenvalue weighted by atomic mass is 16.5. The number of rotatable bonds is 6. The van der Waals surface area contributed by atoms with Crippen molar-refractivity contribution in [2.45, 2.75) is 78.4 Å². The van der Waals surface area contributed by atoms with E-state index in [0.717, 1.165) is 18.4 Å². The second kappa shape index (κ2) is 6.58. The summed E-state index contributed by atoms with van der Waals surface area (Å²) in [4.78, 5) is 0. The van der Waals surface area contributed by atoms with Gasteiger partial charge in [-0.3, -0.25) is 0 Å². The Morgan fingerprint density at radius 3 is 2.42 bits per heavy atom. The summed E-state index contributed by atoms with van der Waals surface area (Å²) in [5.74, 6) is 1.55. The molecule has 2 heteroatoms. The third-order valence-electron chi connectivity index (χ3n) is 5.76. The summed E-state index contributed by atoms with van der Waals surface area (Å²) in [7, 11) is 0. The molecule has 0 aromatic heterocycles. The Hall–Kier alpha value is -0.0800. The van der Waals surface area contributed by atoms with Crippen LogP contribution in [0, 0.1) is 17.3 Å². The van der Waals surface area contributed by atoms with Crippen molar-refractivity contribution in [1.29, 1.82) is 0 Å².